The molecule has 110 valence electrons. The summed E-state index contributed by atoms with van der Waals surface area (Å²) < 4.78 is 0.735. The summed E-state index contributed by atoms with van der Waals surface area (Å²) in [7, 11) is 0. The molecule has 20 heavy (non-hydrogen) atoms. The smallest absolute Gasteiger partial charge is 0.254 e. The average molecular weight is 342 g/mol. The molecule has 0 atom stereocenters. The van der Waals surface area contributed by atoms with Crippen molar-refractivity contribution in [2.75, 3.05) is 18.8 Å². The SMILES string of the molecule is CCCCN(CC(N)=O)C(=O)c1cc(Br)cc(N)c1C. The third-order valence-corrected chi connectivity index (χ3v) is 3.52. The Kier molecular flexibility index (Phi) is 6.01. The van der Waals surface area contributed by atoms with Crippen LogP contribution < -0.4 is 11.5 Å². The summed E-state index contributed by atoms with van der Waals surface area (Å²) in [6.45, 7) is 4.24. The molecular formula is C14H20BrN3O2. The number of hydrogen-bond acceptors (Lipinski definition) is 3. The third-order valence-electron chi connectivity index (χ3n) is 3.06. The topological polar surface area (TPSA) is 89.4 Å². The van der Waals surface area contributed by atoms with E-state index in [9.17, 15) is 9.59 Å². The van der Waals surface area contributed by atoms with Crippen LogP contribution >= 0.6 is 15.9 Å². The fourth-order valence-electron chi connectivity index (χ4n) is 1.88. The molecule has 0 aromatic heterocycles. The highest BCUT2D eigenvalue weighted by atomic mass is 79.9. The Hall–Kier alpha value is -1.56. The molecule has 1 aromatic carbocycles. The number of rotatable bonds is 6. The predicted molar refractivity (Wildman–Crippen MR) is 83.3 cm³/mol. The van der Waals surface area contributed by atoms with Crippen LogP contribution in [-0.4, -0.2) is 29.8 Å². The normalized spacial score (nSPS) is 10.3. The number of nitrogen functional groups attached to an aromatic ring is 1. The maximum absolute atomic E-state index is 12.6. The maximum Gasteiger partial charge on any atom is 0.254 e. The lowest BCUT2D eigenvalue weighted by Crippen LogP contribution is -2.39. The fourth-order valence-corrected chi connectivity index (χ4v) is 2.36. The van der Waals surface area contributed by atoms with Crippen LogP contribution in [0.5, 0.6) is 0 Å². The van der Waals surface area contributed by atoms with E-state index < -0.39 is 5.91 Å². The zero-order valence-corrected chi connectivity index (χ0v) is 13.4. The second kappa shape index (κ2) is 7.28. The monoisotopic (exact) mass is 341 g/mol. The van der Waals surface area contributed by atoms with Crippen molar-refractivity contribution < 1.29 is 9.59 Å². The molecule has 0 aliphatic carbocycles. The van der Waals surface area contributed by atoms with Crippen molar-refractivity contribution in [3.05, 3.63) is 27.7 Å². The lowest BCUT2D eigenvalue weighted by molar-refractivity contribution is -0.118. The van der Waals surface area contributed by atoms with Gasteiger partial charge in [0, 0.05) is 22.3 Å². The summed E-state index contributed by atoms with van der Waals surface area (Å²) in [6.07, 6.45) is 1.75. The average Bonchev–Trinajstić information content (AvgIpc) is 2.37. The van der Waals surface area contributed by atoms with Gasteiger partial charge in [0.25, 0.3) is 5.91 Å². The predicted octanol–water partition coefficient (Wildman–Crippen LogP) is 2.07. The summed E-state index contributed by atoms with van der Waals surface area (Å²) in [4.78, 5) is 25.1. The van der Waals surface area contributed by atoms with Gasteiger partial charge >= 0.3 is 0 Å². The standard InChI is InChI=1S/C14H20BrN3O2/c1-3-4-5-18(8-13(17)19)14(20)11-6-10(15)7-12(16)9(11)2/h6-7H,3-5,8,16H2,1-2H3,(H2,17,19). The molecule has 0 aliphatic rings. The van der Waals surface area contributed by atoms with E-state index in [1.54, 1.807) is 19.1 Å². The number of carbonyl (C=O) groups is 2. The van der Waals surface area contributed by atoms with Gasteiger partial charge in [-0.15, -0.1) is 0 Å². The zero-order chi connectivity index (χ0) is 15.3. The minimum Gasteiger partial charge on any atom is -0.398 e. The molecule has 0 unspecified atom stereocenters. The van der Waals surface area contributed by atoms with Crippen LogP contribution in [0.15, 0.2) is 16.6 Å². The van der Waals surface area contributed by atoms with Gasteiger partial charge in [-0.05, 0) is 31.0 Å². The highest BCUT2D eigenvalue weighted by Crippen LogP contribution is 2.24. The van der Waals surface area contributed by atoms with E-state index in [0.717, 1.165) is 17.3 Å². The number of halogens is 1. The first kappa shape index (κ1) is 16.5. The molecule has 1 rings (SSSR count). The molecule has 0 radical (unpaired) electrons. The summed E-state index contributed by atoms with van der Waals surface area (Å²) in [6, 6.07) is 3.46. The Bertz CT molecular complexity index is 517. The van der Waals surface area contributed by atoms with E-state index in [-0.39, 0.29) is 12.5 Å². The molecule has 5 nitrogen and oxygen atoms in total. The summed E-state index contributed by atoms with van der Waals surface area (Å²) in [5.74, 6) is -0.738. The number of nitrogens with two attached hydrogens (primary N) is 2. The van der Waals surface area contributed by atoms with Crippen LogP contribution in [0.3, 0.4) is 0 Å². The Morgan fingerprint density at radius 1 is 1.35 bits per heavy atom. The second-order valence-electron chi connectivity index (χ2n) is 4.71. The van der Waals surface area contributed by atoms with Crippen molar-refractivity contribution in [3.63, 3.8) is 0 Å². The van der Waals surface area contributed by atoms with Gasteiger partial charge in [-0.2, -0.15) is 0 Å². The first-order chi connectivity index (χ1) is 9.36. The largest absolute Gasteiger partial charge is 0.398 e. The van der Waals surface area contributed by atoms with Crippen molar-refractivity contribution in [2.24, 2.45) is 5.73 Å². The molecule has 0 bridgehead atoms. The van der Waals surface area contributed by atoms with Gasteiger partial charge in [0.2, 0.25) is 5.91 Å². The second-order valence-corrected chi connectivity index (χ2v) is 5.63. The van der Waals surface area contributed by atoms with Gasteiger partial charge in [0.1, 0.15) is 0 Å². The highest BCUT2D eigenvalue weighted by molar-refractivity contribution is 9.10. The van der Waals surface area contributed by atoms with Crippen LogP contribution in [0.2, 0.25) is 0 Å². The van der Waals surface area contributed by atoms with Crippen molar-refractivity contribution in [1.82, 2.24) is 4.90 Å². The first-order valence-electron chi connectivity index (χ1n) is 6.50. The van der Waals surface area contributed by atoms with Crippen LogP contribution in [0.25, 0.3) is 0 Å². The molecule has 0 saturated heterocycles. The van der Waals surface area contributed by atoms with Gasteiger partial charge in [0.15, 0.2) is 0 Å². The maximum atomic E-state index is 12.6. The number of anilines is 1. The number of unbranched alkanes of at least 4 members (excludes halogenated alkanes) is 1. The molecular weight excluding hydrogens is 322 g/mol. The van der Waals surface area contributed by atoms with Crippen molar-refractivity contribution in [2.45, 2.75) is 26.7 Å². The van der Waals surface area contributed by atoms with Gasteiger partial charge in [-0.3, -0.25) is 9.59 Å². The van der Waals surface area contributed by atoms with Crippen LogP contribution in [-0.2, 0) is 4.79 Å². The van der Waals surface area contributed by atoms with E-state index in [0.29, 0.717) is 23.4 Å². The van der Waals surface area contributed by atoms with Gasteiger partial charge in [0.05, 0.1) is 6.54 Å². The van der Waals surface area contributed by atoms with Crippen molar-refractivity contribution in [1.29, 1.82) is 0 Å². The highest BCUT2D eigenvalue weighted by Gasteiger charge is 2.20. The molecule has 0 spiro atoms. The van der Waals surface area contributed by atoms with Crippen LogP contribution in [0.1, 0.15) is 35.7 Å². The van der Waals surface area contributed by atoms with Gasteiger partial charge in [-0.1, -0.05) is 29.3 Å². The summed E-state index contributed by atoms with van der Waals surface area (Å²) in [5, 5.41) is 0. The number of primary amides is 1. The first-order valence-corrected chi connectivity index (χ1v) is 7.29. The van der Waals surface area contributed by atoms with E-state index in [4.69, 9.17) is 11.5 Å². The lowest BCUT2D eigenvalue weighted by Gasteiger charge is -2.22. The Balaban J connectivity index is 3.07. The van der Waals surface area contributed by atoms with Crippen LogP contribution in [0, 0.1) is 6.92 Å². The zero-order valence-electron chi connectivity index (χ0n) is 11.8. The third kappa shape index (κ3) is 4.23. The lowest BCUT2D eigenvalue weighted by atomic mass is 10.1. The van der Waals surface area contributed by atoms with E-state index in [2.05, 4.69) is 15.9 Å². The Morgan fingerprint density at radius 3 is 2.55 bits per heavy atom. The van der Waals surface area contributed by atoms with E-state index >= 15 is 0 Å². The number of benzene rings is 1. The van der Waals surface area contributed by atoms with Crippen molar-refractivity contribution >= 4 is 33.4 Å². The minimum absolute atomic E-state index is 0.0787. The van der Waals surface area contributed by atoms with Gasteiger partial charge in [-0.25, -0.2) is 0 Å². The quantitative estimate of drug-likeness (QED) is 0.776. The molecule has 4 N–H and O–H groups in total. The van der Waals surface area contributed by atoms with Crippen LogP contribution in [0.4, 0.5) is 5.69 Å². The van der Waals surface area contributed by atoms with E-state index in [1.165, 1.54) is 4.90 Å². The Labute approximate surface area is 127 Å². The molecule has 0 fully saturated rings. The minimum atomic E-state index is -0.518. The van der Waals surface area contributed by atoms with Crippen molar-refractivity contribution in [3.8, 4) is 0 Å². The number of carbonyl (C=O) groups excluding carboxylic acids is 2. The molecule has 6 heteroatoms. The number of hydrogen-bond donors (Lipinski definition) is 2. The Morgan fingerprint density at radius 2 is 2.00 bits per heavy atom. The fraction of sp³-hybridized carbons (Fsp3) is 0.429. The summed E-state index contributed by atoms with van der Waals surface area (Å²) in [5.41, 5.74) is 12.8. The molecule has 0 saturated carbocycles. The van der Waals surface area contributed by atoms with Gasteiger partial charge < -0.3 is 16.4 Å². The number of amides is 2. The number of nitrogens with zero attached hydrogens (tertiary/aromatic N) is 1. The molecule has 1 aromatic rings. The van der Waals surface area contributed by atoms with E-state index in [1.807, 2.05) is 6.92 Å². The summed E-state index contributed by atoms with van der Waals surface area (Å²) >= 11 is 3.33. The molecule has 0 heterocycles. The molecule has 2 amide bonds. The molecule has 0 aliphatic heterocycles.